The van der Waals surface area contributed by atoms with E-state index in [1.807, 2.05) is 54.6 Å². The zero-order valence-corrected chi connectivity index (χ0v) is 10.9. The van der Waals surface area contributed by atoms with Gasteiger partial charge in [-0.05, 0) is 11.6 Å². The predicted molar refractivity (Wildman–Crippen MR) is 76.1 cm³/mol. The molecule has 0 saturated heterocycles. The molecule has 3 rings (SSSR count). The number of aromatic amines is 1. The maximum absolute atomic E-state index is 6.14. The lowest BCUT2D eigenvalue weighted by molar-refractivity contribution is 0.973. The second-order valence-corrected chi connectivity index (χ2v) is 4.65. The van der Waals surface area contributed by atoms with Crippen molar-refractivity contribution in [1.29, 1.82) is 0 Å². The Balaban J connectivity index is 1.85. The molecule has 1 heterocycles. The minimum atomic E-state index is 0.652. The quantitative estimate of drug-likeness (QED) is 0.787. The number of hydrogen-bond donors (Lipinski definition) is 1. The smallest absolute Gasteiger partial charge is 0.181 e. The van der Waals surface area contributed by atoms with Crippen molar-refractivity contribution in [1.82, 2.24) is 15.2 Å². The maximum Gasteiger partial charge on any atom is 0.181 e. The van der Waals surface area contributed by atoms with E-state index < -0.39 is 0 Å². The first kappa shape index (κ1) is 11.9. The van der Waals surface area contributed by atoms with Crippen molar-refractivity contribution in [3.05, 3.63) is 71.0 Å². The van der Waals surface area contributed by atoms with Crippen molar-refractivity contribution in [2.75, 3.05) is 0 Å². The fourth-order valence-electron chi connectivity index (χ4n) is 1.91. The first-order chi connectivity index (χ1) is 9.33. The van der Waals surface area contributed by atoms with Gasteiger partial charge < -0.3 is 0 Å². The Morgan fingerprint density at radius 2 is 1.68 bits per heavy atom. The van der Waals surface area contributed by atoms with E-state index in [1.54, 1.807) is 0 Å². The second kappa shape index (κ2) is 5.24. The summed E-state index contributed by atoms with van der Waals surface area (Å²) in [5.74, 6) is 1.52. The zero-order chi connectivity index (χ0) is 13.1. The molecule has 0 aliphatic carbocycles. The van der Waals surface area contributed by atoms with Crippen LogP contribution in [0.15, 0.2) is 54.6 Å². The standard InChI is InChI=1S/C15H12ClN3/c16-13-9-5-4-8-12(13)10-14-17-15(19-18-14)11-6-2-1-3-7-11/h1-9H,10H2,(H,17,18,19). The number of H-pyrrole nitrogens is 1. The van der Waals surface area contributed by atoms with E-state index in [9.17, 15) is 0 Å². The summed E-state index contributed by atoms with van der Waals surface area (Å²) in [6, 6.07) is 17.7. The molecular formula is C15H12ClN3. The summed E-state index contributed by atoms with van der Waals surface area (Å²) in [7, 11) is 0. The third-order valence-electron chi connectivity index (χ3n) is 2.88. The molecular weight excluding hydrogens is 258 g/mol. The van der Waals surface area contributed by atoms with Crippen molar-refractivity contribution < 1.29 is 0 Å². The molecule has 0 atom stereocenters. The van der Waals surface area contributed by atoms with E-state index in [0.29, 0.717) is 12.2 Å². The molecule has 0 saturated carbocycles. The number of aromatic nitrogens is 3. The molecule has 19 heavy (non-hydrogen) atoms. The normalized spacial score (nSPS) is 10.6. The van der Waals surface area contributed by atoms with Gasteiger partial charge in [0, 0.05) is 17.0 Å². The summed E-state index contributed by atoms with van der Waals surface area (Å²) in [4.78, 5) is 4.49. The van der Waals surface area contributed by atoms with Gasteiger partial charge in [-0.25, -0.2) is 4.98 Å². The van der Waals surface area contributed by atoms with Gasteiger partial charge in [0.1, 0.15) is 5.82 Å². The molecule has 3 nitrogen and oxygen atoms in total. The van der Waals surface area contributed by atoms with Gasteiger partial charge in [0.2, 0.25) is 0 Å². The lowest BCUT2D eigenvalue weighted by atomic mass is 10.1. The molecule has 4 heteroatoms. The van der Waals surface area contributed by atoms with Crippen LogP contribution in [-0.4, -0.2) is 15.2 Å². The van der Waals surface area contributed by atoms with Crippen molar-refractivity contribution >= 4 is 11.6 Å². The molecule has 0 bridgehead atoms. The van der Waals surface area contributed by atoms with Crippen molar-refractivity contribution in [2.45, 2.75) is 6.42 Å². The van der Waals surface area contributed by atoms with Gasteiger partial charge in [0.25, 0.3) is 0 Å². The molecule has 1 N–H and O–H groups in total. The summed E-state index contributed by atoms with van der Waals surface area (Å²) < 4.78 is 0. The van der Waals surface area contributed by atoms with Crippen LogP contribution in [0.3, 0.4) is 0 Å². The lowest BCUT2D eigenvalue weighted by Crippen LogP contribution is -1.91. The fourth-order valence-corrected chi connectivity index (χ4v) is 2.12. The molecule has 0 aliphatic rings. The number of nitrogens with zero attached hydrogens (tertiary/aromatic N) is 2. The van der Waals surface area contributed by atoms with Crippen LogP contribution < -0.4 is 0 Å². The Morgan fingerprint density at radius 3 is 2.47 bits per heavy atom. The van der Waals surface area contributed by atoms with Gasteiger partial charge in [-0.1, -0.05) is 60.1 Å². The summed E-state index contributed by atoms with van der Waals surface area (Å²) in [6.07, 6.45) is 0.652. The monoisotopic (exact) mass is 269 g/mol. The Hall–Kier alpha value is -2.13. The molecule has 3 aromatic rings. The first-order valence-corrected chi connectivity index (χ1v) is 6.41. The van der Waals surface area contributed by atoms with Gasteiger partial charge in [-0.3, -0.25) is 5.10 Å². The largest absolute Gasteiger partial charge is 0.262 e. The van der Waals surface area contributed by atoms with Crippen molar-refractivity contribution in [3.63, 3.8) is 0 Å². The zero-order valence-electron chi connectivity index (χ0n) is 10.2. The van der Waals surface area contributed by atoms with Crippen LogP contribution in [0.5, 0.6) is 0 Å². The maximum atomic E-state index is 6.14. The molecule has 0 amide bonds. The number of benzene rings is 2. The highest BCUT2D eigenvalue weighted by molar-refractivity contribution is 6.31. The lowest BCUT2D eigenvalue weighted by Gasteiger charge is -2.00. The minimum absolute atomic E-state index is 0.652. The van der Waals surface area contributed by atoms with E-state index in [4.69, 9.17) is 11.6 Å². The summed E-state index contributed by atoms with van der Waals surface area (Å²) in [5.41, 5.74) is 2.05. The minimum Gasteiger partial charge on any atom is -0.262 e. The third-order valence-corrected chi connectivity index (χ3v) is 3.25. The van der Waals surface area contributed by atoms with Gasteiger partial charge in [0.05, 0.1) is 0 Å². The molecule has 0 aliphatic heterocycles. The topological polar surface area (TPSA) is 41.6 Å². The van der Waals surface area contributed by atoms with Gasteiger partial charge >= 0.3 is 0 Å². The van der Waals surface area contributed by atoms with E-state index in [0.717, 1.165) is 22.0 Å². The molecule has 94 valence electrons. The summed E-state index contributed by atoms with van der Waals surface area (Å²) in [6.45, 7) is 0. The number of rotatable bonds is 3. The van der Waals surface area contributed by atoms with Crippen LogP contribution >= 0.6 is 11.6 Å². The Bertz CT molecular complexity index is 677. The van der Waals surface area contributed by atoms with E-state index in [2.05, 4.69) is 15.2 Å². The second-order valence-electron chi connectivity index (χ2n) is 4.24. The SMILES string of the molecule is Clc1ccccc1Cc1nc(-c2ccccc2)n[nH]1. The van der Waals surface area contributed by atoms with Crippen LogP contribution in [0.25, 0.3) is 11.4 Å². The molecule has 0 unspecified atom stereocenters. The van der Waals surface area contributed by atoms with E-state index in [-0.39, 0.29) is 0 Å². The van der Waals surface area contributed by atoms with Gasteiger partial charge in [-0.2, -0.15) is 5.10 Å². The van der Waals surface area contributed by atoms with Crippen LogP contribution in [0.2, 0.25) is 5.02 Å². The Labute approximate surface area is 116 Å². The fraction of sp³-hybridized carbons (Fsp3) is 0.0667. The Morgan fingerprint density at radius 1 is 0.947 bits per heavy atom. The van der Waals surface area contributed by atoms with Crippen molar-refractivity contribution in [2.24, 2.45) is 0 Å². The molecule has 0 radical (unpaired) electrons. The summed E-state index contributed by atoms with van der Waals surface area (Å²) >= 11 is 6.14. The first-order valence-electron chi connectivity index (χ1n) is 6.03. The number of halogens is 1. The van der Waals surface area contributed by atoms with Gasteiger partial charge in [0.15, 0.2) is 5.82 Å². The van der Waals surface area contributed by atoms with Crippen LogP contribution in [-0.2, 0) is 6.42 Å². The van der Waals surface area contributed by atoms with E-state index >= 15 is 0 Å². The Kier molecular flexibility index (Phi) is 3.29. The average molecular weight is 270 g/mol. The van der Waals surface area contributed by atoms with E-state index in [1.165, 1.54) is 0 Å². The third kappa shape index (κ3) is 2.66. The highest BCUT2D eigenvalue weighted by Gasteiger charge is 2.07. The number of hydrogen-bond acceptors (Lipinski definition) is 2. The molecule has 0 spiro atoms. The predicted octanol–water partition coefficient (Wildman–Crippen LogP) is 3.72. The van der Waals surface area contributed by atoms with Crippen molar-refractivity contribution in [3.8, 4) is 11.4 Å². The molecule has 0 fully saturated rings. The van der Waals surface area contributed by atoms with Crippen LogP contribution in [0.1, 0.15) is 11.4 Å². The highest BCUT2D eigenvalue weighted by atomic mass is 35.5. The highest BCUT2D eigenvalue weighted by Crippen LogP contribution is 2.19. The van der Waals surface area contributed by atoms with Crippen LogP contribution in [0, 0.1) is 0 Å². The molecule has 2 aromatic carbocycles. The summed E-state index contributed by atoms with van der Waals surface area (Å²) in [5, 5.41) is 7.94. The molecule has 1 aromatic heterocycles. The number of nitrogens with one attached hydrogen (secondary N) is 1. The van der Waals surface area contributed by atoms with Gasteiger partial charge in [-0.15, -0.1) is 0 Å². The van der Waals surface area contributed by atoms with Crippen LogP contribution in [0.4, 0.5) is 0 Å². The average Bonchev–Trinajstić information content (AvgIpc) is 2.91.